The molecular formula is C12H21N. The molecule has 0 amide bonds. The second kappa shape index (κ2) is 3.45. The lowest BCUT2D eigenvalue weighted by Crippen LogP contribution is -2.39. The van der Waals surface area contributed by atoms with Crippen LogP contribution < -0.4 is 5.32 Å². The van der Waals surface area contributed by atoms with Crippen LogP contribution in [0.2, 0.25) is 0 Å². The Kier molecular flexibility index (Phi) is 2.46. The molecule has 0 radical (unpaired) electrons. The standard InChI is InChI=1S/C12H21N/c1-8(2)13-9(3)12-7-10-4-5-11(12)6-10/h4-5,8-13H,6-7H2,1-3H3. The Morgan fingerprint density at radius 2 is 1.92 bits per heavy atom. The molecule has 0 heterocycles. The largest absolute Gasteiger partial charge is 0.312 e. The van der Waals surface area contributed by atoms with Crippen molar-refractivity contribution in [2.24, 2.45) is 17.8 Å². The molecular weight excluding hydrogens is 158 g/mol. The molecule has 4 unspecified atom stereocenters. The minimum absolute atomic E-state index is 0.623. The Morgan fingerprint density at radius 3 is 2.38 bits per heavy atom. The quantitative estimate of drug-likeness (QED) is 0.657. The van der Waals surface area contributed by atoms with Crippen LogP contribution in [0.3, 0.4) is 0 Å². The first kappa shape index (κ1) is 9.26. The van der Waals surface area contributed by atoms with E-state index in [9.17, 15) is 0 Å². The van der Waals surface area contributed by atoms with Gasteiger partial charge in [-0.15, -0.1) is 0 Å². The van der Waals surface area contributed by atoms with E-state index in [0.717, 1.165) is 17.8 Å². The predicted molar refractivity (Wildman–Crippen MR) is 56.6 cm³/mol. The topological polar surface area (TPSA) is 12.0 Å². The smallest absolute Gasteiger partial charge is 0.00751 e. The van der Waals surface area contributed by atoms with Crippen molar-refractivity contribution in [1.29, 1.82) is 0 Å². The molecule has 74 valence electrons. The van der Waals surface area contributed by atoms with E-state index in [0.29, 0.717) is 12.1 Å². The summed E-state index contributed by atoms with van der Waals surface area (Å²) in [6.45, 7) is 6.82. The second-order valence-corrected chi connectivity index (χ2v) is 5.05. The van der Waals surface area contributed by atoms with Gasteiger partial charge in [-0.1, -0.05) is 26.0 Å². The number of nitrogens with one attached hydrogen (secondary N) is 1. The van der Waals surface area contributed by atoms with Crippen molar-refractivity contribution in [1.82, 2.24) is 5.32 Å². The summed E-state index contributed by atoms with van der Waals surface area (Å²) in [7, 11) is 0. The van der Waals surface area contributed by atoms with Crippen LogP contribution >= 0.6 is 0 Å². The third-order valence-corrected chi connectivity index (χ3v) is 3.57. The summed E-state index contributed by atoms with van der Waals surface area (Å²) >= 11 is 0. The molecule has 2 aliphatic carbocycles. The normalized spacial score (nSPS) is 38.9. The lowest BCUT2D eigenvalue weighted by molar-refractivity contribution is 0.311. The van der Waals surface area contributed by atoms with Gasteiger partial charge in [-0.3, -0.25) is 0 Å². The van der Waals surface area contributed by atoms with Gasteiger partial charge in [0.2, 0.25) is 0 Å². The van der Waals surface area contributed by atoms with E-state index in [1.165, 1.54) is 12.8 Å². The fraction of sp³-hybridized carbons (Fsp3) is 0.833. The molecule has 1 nitrogen and oxygen atoms in total. The molecule has 2 bridgehead atoms. The molecule has 0 spiro atoms. The Morgan fingerprint density at radius 1 is 1.15 bits per heavy atom. The van der Waals surface area contributed by atoms with Crippen LogP contribution in [0.5, 0.6) is 0 Å². The Balaban J connectivity index is 1.91. The highest BCUT2D eigenvalue weighted by Crippen LogP contribution is 2.44. The van der Waals surface area contributed by atoms with Crippen LogP contribution in [-0.2, 0) is 0 Å². The maximum absolute atomic E-state index is 3.64. The number of hydrogen-bond donors (Lipinski definition) is 1. The maximum atomic E-state index is 3.64. The van der Waals surface area contributed by atoms with Gasteiger partial charge in [-0.2, -0.15) is 0 Å². The zero-order valence-corrected chi connectivity index (χ0v) is 8.96. The fourth-order valence-electron chi connectivity index (χ4n) is 3.05. The van der Waals surface area contributed by atoms with Gasteiger partial charge in [0.25, 0.3) is 0 Å². The van der Waals surface area contributed by atoms with Crippen LogP contribution in [0.15, 0.2) is 12.2 Å². The third-order valence-electron chi connectivity index (χ3n) is 3.57. The highest BCUT2D eigenvalue weighted by Gasteiger charge is 2.38. The Labute approximate surface area is 81.6 Å². The monoisotopic (exact) mass is 179 g/mol. The van der Waals surface area contributed by atoms with Crippen LogP contribution in [0.4, 0.5) is 0 Å². The fourth-order valence-corrected chi connectivity index (χ4v) is 3.05. The lowest BCUT2D eigenvalue weighted by Gasteiger charge is -2.27. The molecule has 4 atom stereocenters. The Hall–Kier alpha value is -0.300. The minimum Gasteiger partial charge on any atom is -0.312 e. The summed E-state index contributed by atoms with van der Waals surface area (Å²) < 4.78 is 0. The molecule has 1 N–H and O–H groups in total. The molecule has 13 heavy (non-hydrogen) atoms. The number of allylic oxidation sites excluding steroid dienone is 2. The van der Waals surface area contributed by atoms with Crippen LogP contribution in [0, 0.1) is 17.8 Å². The molecule has 0 aliphatic heterocycles. The van der Waals surface area contributed by atoms with E-state index in [2.05, 4.69) is 38.2 Å². The van der Waals surface area contributed by atoms with Gasteiger partial charge < -0.3 is 5.32 Å². The summed E-state index contributed by atoms with van der Waals surface area (Å²) in [5.41, 5.74) is 0. The molecule has 0 aromatic heterocycles. The first-order chi connectivity index (χ1) is 6.16. The number of fused-ring (bicyclic) bond motifs is 2. The molecule has 2 rings (SSSR count). The van der Waals surface area contributed by atoms with E-state index in [4.69, 9.17) is 0 Å². The Bertz CT molecular complexity index is 207. The van der Waals surface area contributed by atoms with Crippen molar-refractivity contribution in [3.63, 3.8) is 0 Å². The van der Waals surface area contributed by atoms with Crippen molar-refractivity contribution in [3.8, 4) is 0 Å². The van der Waals surface area contributed by atoms with E-state index in [-0.39, 0.29) is 0 Å². The molecule has 1 fully saturated rings. The molecule has 0 aromatic rings. The molecule has 0 aromatic carbocycles. The maximum Gasteiger partial charge on any atom is 0.00751 e. The van der Waals surface area contributed by atoms with E-state index in [1.807, 2.05) is 0 Å². The first-order valence-corrected chi connectivity index (χ1v) is 5.61. The van der Waals surface area contributed by atoms with Crippen molar-refractivity contribution in [2.45, 2.75) is 45.7 Å². The zero-order valence-electron chi connectivity index (χ0n) is 8.96. The SMILES string of the molecule is CC(C)NC(C)C1CC2C=CC1C2. The predicted octanol–water partition coefficient (Wildman–Crippen LogP) is 2.59. The van der Waals surface area contributed by atoms with Gasteiger partial charge in [-0.05, 0) is 37.5 Å². The van der Waals surface area contributed by atoms with Crippen molar-refractivity contribution in [2.75, 3.05) is 0 Å². The average Bonchev–Trinajstić information content (AvgIpc) is 2.62. The van der Waals surface area contributed by atoms with Gasteiger partial charge >= 0.3 is 0 Å². The van der Waals surface area contributed by atoms with Crippen LogP contribution in [-0.4, -0.2) is 12.1 Å². The molecule has 0 saturated heterocycles. The summed E-state index contributed by atoms with van der Waals surface area (Å²) in [4.78, 5) is 0. The summed E-state index contributed by atoms with van der Waals surface area (Å²) in [6.07, 6.45) is 7.71. The molecule has 1 saturated carbocycles. The minimum atomic E-state index is 0.623. The van der Waals surface area contributed by atoms with E-state index >= 15 is 0 Å². The van der Waals surface area contributed by atoms with Crippen molar-refractivity contribution < 1.29 is 0 Å². The summed E-state index contributed by atoms with van der Waals surface area (Å²) in [5, 5.41) is 3.64. The average molecular weight is 179 g/mol. The summed E-state index contributed by atoms with van der Waals surface area (Å²) in [6, 6.07) is 1.32. The highest BCUT2D eigenvalue weighted by molar-refractivity contribution is 5.11. The zero-order chi connectivity index (χ0) is 9.42. The van der Waals surface area contributed by atoms with E-state index in [1.54, 1.807) is 0 Å². The highest BCUT2D eigenvalue weighted by atomic mass is 14.9. The van der Waals surface area contributed by atoms with Crippen LogP contribution in [0.25, 0.3) is 0 Å². The lowest BCUT2D eigenvalue weighted by atomic mass is 9.87. The van der Waals surface area contributed by atoms with Gasteiger partial charge in [0, 0.05) is 12.1 Å². The summed E-state index contributed by atoms with van der Waals surface area (Å²) in [5.74, 6) is 2.69. The van der Waals surface area contributed by atoms with Gasteiger partial charge in [0.05, 0.1) is 0 Å². The van der Waals surface area contributed by atoms with E-state index < -0.39 is 0 Å². The first-order valence-electron chi connectivity index (χ1n) is 5.61. The van der Waals surface area contributed by atoms with Gasteiger partial charge in [-0.25, -0.2) is 0 Å². The third kappa shape index (κ3) is 1.80. The van der Waals surface area contributed by atoms with Crippen molar-refractivity contribution in [3.05, 3.63) is 12.2 Å². The van der Waals surface area contributed by atoms with Crippen molar-refractivity contribution >= 4 is 0 Å². The molecule has 1 heteroatoms. The number of hydrogen-bond acceptors (Lipinski definition) is 1. The van der Waals surface area contributed by atoms with Crippen LogP contribution in [0.1, 0.15) is 33.6 Å². The second-order valence-electron chi connectivity index (χ2n) is 5.05. The van der Waals surface area contributed by atoms with Gasteiger partial charge in [0.1, 0.15) is 0 Å². The van der Waals surface area contributed by atoms with Gasteiger partial charge in [0.15, 0.2) is 0 Å². The molecule has 2 aliphatic rings. The number of rotatable bonds is 3.